The number of nitrogens with zero attached hydrogens (tertiary/aromatic N) is 1. The molecule has 0 fully saturated rings. The molecule has 0 aliphatic rings. The van der Waals surface area contributed by atoms with Crippen LogP contribution in [-0.4, -0.2) is 34.9 Å². The first-order chi connectivity index (χ1) is 17.9. The Morgan fingerprint density at radius 3 is 2.32 bits per heavy atom. The summed E-state index contributed by atoms with van der Waals surface area (Å²) in [6.45, 7) is 4.28. The monoisotopic (exact) mass is 533 g/mol. The molecule has 0 saturated carbocycles. The summed E-state index contributed by atoms with van der Waals surface area (Å²) in [4.78, 5) is 41.0. The van der Waals surface area contributed by atoms with E-state index in [0.29, 0.717) is 29.1 Å². The van der Waals surface area contributed by atoms with Gasteiger partial charge in [-0.05, 0) is 80.1 Å². The van der Waals surface area contributed by atoms with E-state index in [2.05, 4.69) is 22.5 Å². The predicted molar refractivity (Wildman–Crippen MR) is 150 cm³/mol. The van der Waals surface area contributed by atoms with Gasteiger partial charge < -0.3 is 15.4 Å². The van der Waals surface area contributed by atoms with Crippen LogP contribution < -0.4 is 15.4 Å². The molecule has 0 bridgehead atoms. The highest BCUT2D eigenvalue weighted by atomic mass is 32.2. The van der Waals surface area contributed by atoms with Gasteiger partial charge in [0.25, 0.3) is 5.91 Å². The second-order valence-electron chi connectivity index (χ2n) is 8.31. The number of nitrogens with one attached hydrogen (secondary N) is 2. The molecule has 0 aliphatic carbocycles. The first kappa shape index (κ1) is 26.4. The van der Waals surface area contributed by atoms with Crippen molar-refractivity contribution in [3.05, 3.63) is 77.9 Å². The minimum Gasteiger partial charge on any atom is -0.494 e. The maximum absolute atomic E-state index is 12.7. The molecule has 4 rings (SSSR count). The molecule has 0 atom stereocenters. The van der Waals surface area contributed by atoms with Gasteiger partial charge >= 0.3 is 0 Å². The number of anilines is 2. The summed E-state index contributed by atoms with van der Waals surface area (Å²) >= 11 is 2.81. The highest BCUT2D eigenvalue weighted by molar-refractivity contribution is 8.01. The summed E-state index contributed by atoms with van der Waals surface area (Å²) in [5, 5.41) is 5.75. The van der Waals surface area contributed by atoms with Crippen molar-refractivity contribution in [2.75, 3.05) is 23.0 Å². The molecule has 2 N–H and O–H groups in total. The largest absolute Gasteiger partial charge is 0.494 e. The quantitative estimate of drug-likeness (QED) is 0.127. The lowest BCUT2D eigenvalue weighted by molar-refractivity contribution is -0.113. The van der Waals surface area contributed by atoms with Crippen molar-refractivity contribution < 1.29 is 19.1 Å². The minimum atomic E-state index is -0.202. The highest BCUT2D eigenvalue weighted by Gasteiger charge is 2.11. The molecule has 0 spiro atoms. The summed E-state index contributed by atoms with van der Waals surface area (Å²) < 4.78 is 7.33. The van der Waals surface area contributed by atoms with Gasteiger partial charge in [0, 0.05) is 22.5 Å². The summed E-state index contributed by atoms with van der Waals surface area (Å²) in [6.07, 6.45) is 2.06. The van der Waals surface area contributed by atoms with Gasteiger partial charge in [0.15, 0.2) is 10.1 Å². The van der Waals surface area contributed by atoms with Gasteiger partial charge in [-0.15, -0.1) is 11.3 Å². The van der Waals surface area contributed by atoms with Gasteiger partial charge in [0.1, 0.15) is 5.75 Å². The van der Waals surface area contributed by atoms with Crippen molar-refractivity contribution >= 4 is 62.3 Å². The number of benzene rings is 3. The zero-order valence-electron chi connectivity index (χ0n) is 20.6. The second-order valence-corrected chi connectivity index (χ2v) is 10.6. The van der Waals surface area contributed by atoms with Gasteiger partial charge in [-0.3, -0.25) is 14.4 Å². The van der Waals surface area contributed by atoms with E-state index in [9.17, 15) is 14.4 Å². The molecule has 9 heteroatoms. The van der Waals surface area contributed by atoms with Gasteiger partial charge in [-0.25, -0.2) is 4.98 Å². The van der Waals surface area contributed by atoms with Crippen LogP contribution in [0.4, 0.5) is 11.4 Å². The Bertz CT molecular complexity index is 1400. The van der Waals surface area contributed by atoms with Crippen molar-refractivity contribution in [2.24, 2.45) is 0 Å². The summed E-state index contributed by atoms with van der Waals surface area (Å²) in [5.74, 6) is 0.575. The molecule has 0 aliphatic heterocycles. The predicted octanol–water partition coefficient (Wildman–Crippen LogP) is 6.66. The third-order valence-corrected chi connectivity index (χ3v) is 7.57. The van der Waals surface area contributed by atoms with E-state index in [0.717, 1.165) is 33.1 Å². The topological polar surface area (TPSA) is 97.4 Å². The first-order valence-corrected chi connectivity index (χ1v) is 13.7. The third-order valence-electron chi connectivity index (χ3n) is 5.41. The second kappa shape index (κ2) is 12.5. The zero-order valence-corrected chi connectivity index (χ0v) is 22.2. The summed E-state index contributed by atoms with van der Waals surface area (Å²) in [6, 6.07) is 19.5. The first-order valence-electron chi connectivity index (χ1n) is 11.9. The molecule has 4 aromatic rings. The lowest BCUT2D eigenvalue weighted by atomic mass is 10.1. The number of Topliss-reactive ketones (excluding diaryl/α,β-unsaturated/α-hetero) is 1. The molecule has 7 nitrogen and oxygen atoms in total. The van der Waals surface area contributed by atoms with Crippen LogP contribution >= 0.6 is 23.1 Å². The van der Waals surface area contributed by atoms with Crippen molar-refractivity contribution in [3.63, 3.8) is 0 Å². The van der Waals surface area contributed by atoms with Crippen LogP contribution in [0.3, 0.4) is 0 Å². The lowest BCUT2D eigenvalue weighted by Gasteiger charge is -2.07. The van der Waals surface area contributed by atoms with Crippen LogP contribution in [0.25, 0.3) is 10.2 Å². The van der Waals surface area contributed by atoms with E-state index in [4.69, 9.17) is 4.74 Å². The molecule has 0 saturated heterocycles. The van der Waals surface area contributed by atoms with Crippen molar-refractivity contribution in [1.82, 2.24) is 4.98 Å². The van der Waals surface area contributed by atoms with Gasteiger partial charge in [-0.1, -0.05) is 25.1 Å². The molecular formula is C28H27N3O4S2. The molecule has 0 unspecified atom stereocenters. The zero-order chi connectivity index (χ0) is 26.2. The van der Waals surface area contributed by atoms with Crippen molar-refractivity contribution in [1.29, 1.82) is 0 Å². The van der Waals surface area contributed by atoms with Crippen molar-refractivity contribution in [2.45, 2.75) is 31.0 Å². The Hall–Kier alpha value is -3.69. The van der Waals surface area contributed by atoms with Gasteiger partial charge in [0.2, 0.25) is 5.91 Å². The highest BCUT2D eigenvalue weighted by Crippen LogP contribution is 2.31. The van der Waals surface area contributed by atoms with E-state index in [1.165, 1.54) is 30.0 Å². The Morgan fingerprint density at radius 2 is 1.62 bits per heavy atom. The van der Waals surface area contributed by atoms with Crippen molar-refractivity contribution in [3.8, 4) is 5.75 Å². The fourth-order valence-corrected chi connectivity index (χ4v) is 5.30. The molecule has 3 aromatic carbocycles. The fourth-order valence-electron chi connectivity index (χ4n) is 3.40. The van der Waals surface area contributed by atoms with Crippen LogP contribution in [0.2, 0.25) is 0 Å². The van der Waals surface area contributed by atoms with Crippen LogP contribution in [0, 0.1) is 0 Å². The number of thiazole rings is 1. The number of rotatable bonds is 11. The van der Waals surface area contributed by atoms with Gasteiger partial charge in [-0.2, -0.15) is 0 Å². The fraction of sp³-hybridized carbons (Fsp3) is 0.214. The molecular weight excluding hydrogens is 506 g/mol. The smallest absolute Gasteiger partial charge is 0.255 e. The minimum absolute atomic E-state index is 0.0195. The Kier molecular flexibility index (Phi) is 8.92. The van der Waals surface area contributed by atoms with E-state index in [1.807, 2.05) is 18.2 Å². The number of ether oxygens (including phenoxy) is 1. The standard InChI is InChI=1S/C28H27N3O4S2/c1-3-4-15-35-23-12-7-20(8-13-23)27(34)30-22-11-14-24-25(16-22)37-28(31-24)36-17-26(33)29-21-9-5-19(6-10-21)18(2)32/h5-14,16H,3-4,15,17H2,1-2H3,(H,29,33)(H,30,34). The maximum Gasteiger partial charge on any atom is 0.255 e. The average Bonchev–Trinajstić information content (AvgIpc) is 3.30. The lowest BCUT2D eigenvalue weighted by Crippen LogP contribution is -2.13. The number of hydrogen-bond acceptors (Lipinski definition) is 7. The van der Waals surface area contributed by atoms with Crippen LogP contribution in [0.5, 0.6) is 5.75 Å². The Morgan fingerprint density at radius 1 is 0.919 bits per heavy atom. The number of unbranched alkanes of at least 4 members (excludes halogenated alkanes) is 1. The Balaban J connectivity index is 1.31. The number of carbonyl (C=O) groups excluding carboxylic acids is 3. The van der Waals surface area contributed by atoms with Gasteiger partial charge in [0.05, 0.1) is 22.6 Å². The van der Waals surface area contributed by atoms with Crippen LogP contribution in [-0.2, 0) is 4.79 Å². The molecule has 2 amide bonds. The number of ketones is 1. The SMILES string of the molecule is CCCCOc1ccc(C(=O)Nc2ccc3nc(SCC(=O)Nc4ccc(C(C)=O)cc4)sc3c2)cc1. The molecule has 0 radical (unpaired) electrons. The molecule has 1 heterocycles. The molecule has 1 aromatic heterocycles. The Labute approximate surface area is 223 Å². The number of fused-ring (bicyclic) bond motifs is 1. The maximum atomic E-state index is 12.7. The third kappa shape index (κ3) is 7.41. The number of aromatic nitrogens is 1. The normalized spacial score (nSPS) is 10.8. The van der Waals surface area contributed by atoms with E-state index < -0.39 is 0 Å². The average molecular weight is 534 g/mol. The summed E-state index contributed by atoms with van der Waals surface area (Å²) in [7, 11) is 0. The van der Waals surface area contributed by atoms with Crippen LogP contribution in [0.1, 0.15) is 47.4 Å². The number of amides is 2. The van der Waals surface area contributed by atoms with E-state index >= 15 is 0 Å². The number of thioether (sulfide) groups is 1. The molecule has 37 heavy (non-hydrogen) atoms. The summed E-state index contributed by atoms with van der Waals surface area (Å²) in [5.41, 5.74) is 3.26. The van der Waals surface area contributed by atoms with E-state index in [1.54, 1.807) is 48.5 Å². The van der Waals surface area contributed by atoms with E-state index in [-0.39, 0.29) is 23.4 Å². The number of carbonyl (C=O) groups is 3. The molecule has 190 valence electrons. The number of hydrogen-bond donors (Lipinski definition) is 2. The van der Waals surface area contributed by atoms with Crippen LogP contribution in [0.15, 0.2) is 71.1 Å².